The van der Waals surface area contributed by atoms with Gasteiger partial charge in [0.05, 0.1) is 0 Å². The van der Waals surface area contributed by atoms with E-state index in [4.69, 9.17) is 9.15 Å². The van der Waals surface area contributed by atoms with Crippen molar-refractivity contribution in [2.24, 2.45) is 0 Å². The molecule has 0 atom stereocenters. The highest BCUT2D eigenvalue weighted by atomic mass is 32.2. The molecule has 0 saturated heterocycles. The minimum atomic E-state index is -0.367. The van der Waals surface area contributed by atoms with E-state index in [0.717, 1.165) is 10.5 Å². The maximum absolute atomic E-state index is 11.9. The lowest BCUT2D eigenvalue weighted by Crippen LogP contribution is -2.20. The number of carbonyl (C=O) groups is 1. The Balaban J connectivity index is 1.60. The van der Waals surface area contributed by atoms with E-state index in [9.17, 15) is 4.79 Å². The SMILES string of the molecule is CC(C)Sc1cccc(-c2nnc(NC(=O)COc3ccccc3)o2)c1. The standard InChI is InChI=1S/C19H19N3O3S/c1-13(2)26-16-10-6-7-14(11-16)18-21-22-19(25-18)20-17(23)12-24-15-8-4-3-5-9-15/h3-11,13H,12H2,1-2H3,(H,20,22,23). The zero-order valence-electron chi connectivity index (χ0n) is 14.5. The van der Waals surface area contributed by atoms with Crippen molar-refractivity contribution in [1.29, 1.82) is 0 Å². The molecule has 6 nitrogen and oxygen atoms in total. The van der Waals surface area contributed by atoms with Crippen molar-refractivity contribution in [3.8, 4) is 17.2 Å². The molecule has 0 aliphatic heterocycles. The van der Waals surface area contributed by atoms with Gasteiger partial charge in [0.15, 0.2) is 6.61 Å². The lowest BCUT2D eigenvalue weighted by atomic mass is 10.2. The molecule has 134 valence electrons. The number of amides is 1. The number of carbonyl (C=O) groups excluding carboxylic acids is 1. The van der Waals surface area contributed by atoms with E-state index < -0.39 is 0 Å². The Morgan fingerprint density at radius 3 is 2.73 bits per heavy atom. The first-order valence-electron chi connectivity index (χ1n) is 8.18. The quantitative estimate of drug-likeness (QED) is 0.627. The minimum absolute atomic E-state index is 0.0450. The Morgan fingerprint density at radius 2 is 1.96 bits per heavy atom. The average molecular weight is 369 g/mol. The Kier molecular flexibility index (Phi) is 5.91. The van der Waals surface area contributed by atoms with E-state index in [1.54, 1.807) is 23.9 Å². The van der Waals surface area contributed by atoms with Gasteiger partial charge in [-0.1, -0.05) is 43.2 Å². The monoisotopic (exact) mass is 369 g/mol. The molecule has 1 N–H and O–H groups in total. The van der Waals surface area contributed by atoms with E-state index in [1.165, 1.54) is 0 Å². The fourth-order valence-corrected chi connectivity index (χ4v) is 3.08. The maximum atomic E-state index is 11.9. The molecule has 0 aliphatic carbocycles. The normalized spacial score (nSPS) is 10.7. The molecule has 0 bridgehead atoms. The van der Waals surface area contributed by atoms with Gasteiger partial charge in [-0.25, -0.2) is 0 Å². The van der Waals surface area contributed by atoms with Crippen LogP contribution in [0.4, 0.5) is 6.01 Å². The van der Waals surface area contributed by atoms with Crippen LogP contribution in [0.5, 0.6) is 5.75 Å². The number of ether oxygens (including phenoxy) is 1. The Hall–Kier alpha value is -2.80. The Labute approximate surface area is 156 Å². The molecule has 0 unspecified atom stereocenters. The van der Waals surface area contributed by atoms with Crippen LogP contribution in [0.2, 0.25) is 0 Å². The van der Waals surface area contributed by atoms with Crippen molar-refractivity contribution in [1.82, 2.24) is 10.2 Å². The highest BCUT2D eigenvalue weighted by Gasteiger charge is 2.12. The van der Waals surface area contributed by atoms with Crippen LogP contribution in [0.15, 0.2) is 63.9 Å². The molecule has 1 heterocycles. The fraction of sp³-hybridized carbons (Fsp3) is 0.211. The minimum Gasteiger partial charge on any atom is -0.484 e. The van der Waals surface area contributed by atoms with Gasteiger partial charge in [0.25, 0.3) is 5.91 Å². The summed E-state index contributed by atoms with van der Waals surface area (Å²) in [6.45, 7) is 4.13. The second-order valence-corrected chi connectivity index (χ2v) is 7.41. The van der Waals surface area contributed by atoms with Gasteiger partial charge in [-0.15, -0.1) is 16.9 Å². The summed E-state index contributed by atoms with van der Waals surface area (Å²) in [5.74, 6) is 0.608. The van der Waals surface area contributed by atoms with Crippen molar-refractivity contribution in [2.45, 2.75) is 24.0 Å². The first kappa shape index (κ1) is 18.0. The van der Waals surface area contributed by atoms with Crippen LogP contribution in [0.1, 0.15) is 13.8 Å². The second kappa shape index (κ2) is 8.53. The summed E-state index contributed by atoms with van der Waals surface area (Å²) in [6, 6.07) is 17.0. The third kappa shape index (κ3) is 5.10. The van der Waals surface area contributed by atoms with Gasteiger partial charge in [0.1, 0.15) is 5.75 Å². The van der Waals surface area contributed by atoms with E-state index in [1.807, 2.05) is 42.5 Å². The predicted molar refractivity (Wildman–Crippen MR) is 101 cm³/mol. The van der Waals surface area contributed by atoms with E-state index >= 15 is 0 Å². The Bertz CT molecular complexity index is 865. The fourth-order valence-electron chi connectivity index (χ4n) is 2.19. The van der Waals surface area contributed by atoms with Gasteiger partial charge in [0.2, 0.25) is 5.89 Å². The van der Waals surface area contributed by atoms with Crippen LogP contribution in [-0.2, 0) is 4.79 Å². The molecule has 0 radical (unpaired) electrons. The number of nitrogens with one attached hydrogen (secondary N) is 1. The van der Waals surface area contributed by atoms with Gasteiger partial charge >= 0.3 is 6.01 Å². The van der Waals surface area contributed by atoms with Gasteiger partial charge < -0.3 is 9.15 Å². The van der Waals surface area contributed by atoms with Crippen LogP contribution in [-0.4, -0.2) is 28.0 Å². The van der Waals surface area contributed by atoms with Crippen LogP contribution in [0, 0.1) is 0 Å². The summed E-state index contributed by atoms with van der Waals surface area (Å²) in [5, 5.41) is 10.9. The Morgan fingerprint density at radius 1 is 1.15 bits per heavy atom. The number of para-hydroxylation sites is 1. The number of nitrogens with zero attached hydrogens (tertiary/aromatic N) is 2. The summed E-state index contributed by atoms with van der Waals surface area (Å²) in [7, 11) is 0. The molecule has 7 heteroatoms. The van der Waals surface area contributed by atoms with Gasteiger partial charge in [-0.2, -0.15) is 0 Å². The lowest BCUT2D eigenvalue weighted by molar-refractivity contribution is -0.118. The summed E-state index contributed by atoms with van der Waals surface area (Å²) >= 11 is 1.75. The molecule has 26 heavy (non-hydrogen) atoms. The number of anilines is 1. The topological polar surface area (TPSA) is 77.2 Å². The number of benzene rings is 2. The average Bonchev–Trinajstić information content (AvgIpc) is 3.09. The summed E-state index contributed by atoms with van der Waals surface area (Å²) in [4.78, 5) is 13.1. The number of thioether (sulfide) groups is 1. The highest BCUT2D eigenvalue weighted by Crippen LogP contribution is 2.28. The molecular weight excluding hydrogens is 350 g/mol. The largest absolute Gasteiger partial charge is 0.484 e. The summed E-state index contributed by atoms with van der Waals surface area (Å²) in [6.07, 6.45) is 0. The maximum Gasteiger partial charge on any atom is 0.322 e. The predicted octanol–water partition coefficient (Wildman–Crippen LogP) is 4.25. The first-order valence-corrected chi connectivity index (χ1v) is 9.06. The van der Waals surface area contributed by atoms with Crippen molar-refractivity contribution in [2.75, 3.05) is 11.9 Å². The third-order valence-electron chi connectivity index (χ3n) is 3.24. The van der Waals surface area contributed by atoms with Gasteiger partial charge in [-0.05, 0) is 30.3 Å². The number of hydrogen-bond acceptors (Lipinski definition) is 6. The van der Waals surface area contributed by atoms with Gasteiger partial charge in [0, 0.05) is 15.7 Å². The molecule has 1 amide bonds. The molecule has 0 aliphatic rings. The van der Waals surface area contributed by atoms with Crippen LogP contribution in [0.25, 0.3) is 11.5 Å². The smallest absolute Gasteiger partial charge is 0.322 e. The molecule has 0 spiro atoms. The van der Waals surface area contributed by atoms with E-state index in [2.05, 4.69) is 29.4 Å². The zero-order valence-corrected chi connectivity index (χ0v) is 15.3. The van der Waals surface area contributed by atoms with E-state index in [0.29, 0.717) is 16.9 Å². The van der Waals surface area contributed by atoms with Crippen LogP contribution < -0.4 is 10.1 Å². The van der Waals surface area contributed by atoms with Crippen LogP contribution in [0.3, 0.4) is 0 Å². The molecular formula is C19H19N3O3S. The molecule has 0 saturated carbocycles. The molecule has 3 aromatic rings. The van der Waals surface area contributed by atoms with Crippen molar-refractivity contribution in [3.63, 3.8) is 0 Å². The van der Waals surface area contributed by atoms with Crippen LogP contribution >= 0.6 is 11.8 Å². The molecule has 0 fully saturated rings. The summed E-state index contributed by atoms with van der Waals surface area (Å²) in [5.41, 5.74) is 0.809. The molecule has 1 aromatic heterocycles. The van der Waals surface area contributed by atoms with Crippen molar-refractivity contribution in [3.05, 3.63) is 54.6 Å². The number of hydrogen-bond donors (Lipinski definition) is 1. The summed E-state index contributed by atoms with van der Waals surface area (Å²) < 4.78 is 10.9. The lowest BCUT2D eigenvalue weighted by Gasteiger charge is -2.05. The number of rotatable bonds is 7. The molecule has 3 rings (SSSR count). The van der Waals surface area contributed by atoms with Crippen molar-refractivity contribution < 1.29 is 13.9 Å². The second-order valence-electron chi connectivity index (χ2n) is 5.76. The third-order valence-corrected chi connectivity index (χ3v) is 4.23. The molecule has 2 aromatic carbocycles. The zero-order chi connectivity index (χ0) is 18.4. The van der Waals surface area contributed by atoms with Crippen molar-refractivity contribution >= 4 is 23.7 Å². The first-order chi connectivity index (χ1) is 12.6. The van der Waals surface area contributed by atoms with E-state index in [-0.39, 0.29) is 18.5 Å². The highest BCUT2D eigenvalue weighted by molar-refractivity contribution is 7.99. The number of aromatic nitrogens is 2. The van der Waals surface area contributed by atoms with Gasteiger partial charge in [-0.3, -0.25) is 10.1 Å².